The number of aromatic nitrogens is 2. The Balaban J connectivity index is 2.16. The Kier molecular flexibility index (Phi) is 3.22. The van der Waals surface area contributed by atoms with E-state index in [0.29, 0.717) is 17.1 Å². The number of hydrogen-bond acceptors (Lipinski definition) is 2. The first-order chi connectivity index (χ1) is 9.20. The molecule has 2 aromatic rings. The standard InChI is InChI=1S/C14H17F2N3/c1-2-14-18-12-7-10(15)11(16)8-13(12)19(14)9-3-5-17-6-4-9/h7-9,17H,2-6H2,1H3. The number of halogens is 2. The molecular formula is C14H17F2N3. The molecule has 0 aliphatic carbocycles. The van der Waals surface area contributed by atoms with Gasteiger partial charge in [0.25, 0.3) is 0 Å². The van der Waals surface area contributed by atoms with Gasteiger partial charge in [-0.2, -0.15) is 0 Å². The molecule has 3 nitrogen and oxygen atoms in total. The molecule has 0 saturated carbocycles. The maximum atomic E-state index is 13.5. The van der Waals surface area contributed by atoms with E-state index in [9.17, 15) is 8.78 Å². The molecule has 0 amide bonds. The molecule has 5 heteroatoms. The van der Waals surface area contributed by atoms with Crippen LogP contribution >= 0.6 is 0 Å². The van der Waals surface area contributed by atoms with Crippen molar-refractivity contribution in [2.75, 3.05) is 13.1 Å². The van der Waals surface area contributed by atoms with Crippen LogP contribution < -0.4 is 5.32 Å². The SMILES string of the molecule is CCc1nc2cc(F)c(F)cc2n1C1CCNCC1. The van der Waals surface area contributed by atoms with Crippen LogP contribution in [0.4, 0.5) is 8.78 Å². The van der Waals surface area contributed by atoms with Crippen molar-refractivity contribution in [2.24, 2.45) is 0 Å². The van der Waals surface area contributed by atoms with Crippen LogP contribution in [0.3, 0.4) is 0 Å². The van der Waals surface area contributed by atoms with E-state index in [1.807, 2.05) is 6.92 Å². The van der Waals surface area contributed by atoms with Crippen molar-refractivity contribution in [3.05, 3.63) is 29.6 Å². The first-order valence-electron chi connectivity index (χ1n) is 6.77. The minimum Gasteiger partial charge on any atom is -0.325 e. The van der Waals surface area contributed by atoms with Crippen molar-refractivity contribution in [1.82, 2.24) is 14.9 Å². The molecule has 19 heavy (non-hydrogen) atoms. The topological polar surface area (TPSA) is 29.9 Å². The second-order valence-corrected chi connectivity index (χ2v) is 4.99. The highest BCUT2D eigenvalue weighted by Crippen LogP contribution is 2.28. The predicted molar refractivity (Wildman–Crippen MR) is 70.2 cm³/mol. The molecule has 2 heterocycles. The summed E-state index contributed by atoms with van der Waals surface area (Å²) in [6, 6.07) is 2.80. The normalized spacial score (nSPS) is 17.2. The van der Waals surface area contributed by atoms with Gasteiger partial charge in [-0.25, -0.2) is 13.8 Å². The molecule has 0 atom stereocenters. The van der Waals surface area contributed by atoms with Crippen LogP contribution in [0.1, 0.15) is 31.6 Å². The number of fused-ring (bicyclic) bond motifs is 1. The number of aryl methyl sites for hydroxylation is 1. The third-order valence-electron chi connectivity index (χ3n) is 3.79. The van der Waals surface area contributed by atoms with Crippen molar-refractivity contribution in [1.29, 1.82) is 0 Å². The molecule has 1 saturated heterocycles. The summed E-state index contributed by atoms with van der Waals surface area (Å²) in [5.41, 5.74) is 1.26. The van der Waals surface area contributed by atoms with Crippen molar-refractivity contribution in [3.8, 4) is 0 Å². The van der Waals surface area contributed by atoms with E-state index in [2.05, 4.69) is 14.9 Å². The Morgan fingerprint density at radius 2 is 1.95 bits per heavy atom. The van der Waals surface area contributed by atoms with Crippen LogP contribution in [0, 0.1) is 11.6 Å². The predicted octanol–water partition coefficient (Wildman–Crippen LogP) is 2.80. The Morgan fingerprint density at radius 3 is 2.63 bits per heavy atom. The average Bonchev–Trinajstić information content (AvgIpc) is 2.78. The molecule has 0 unspecified atom stereocenters. The molecule has 1 aliphatic rings. The van der Waals surface area contributed by atoms with Gasteiger partial charge >= 0.3 is 0 Å². The minimum atomic E-state index is -0.829. The van der Waals surface area contributed by atoms with E-state index < -0.39 is 11.6 Å². The average molecular weight is 265 g/mol. The summed E-state index contributed by atoms with van der Waals surface area (Å²) >= 11 is 0. The number of piperidine rings is 1. The van der Waals surface area contributed by atoms with Gasteiger partial charge in [0.1, 0.15) is 5.82 Å². The fourth-order valence-corrected chi connectivity index (χ4v) is 2.86. The molecule has 0 radical (unpaired) electrons. The molecular weight excluding hydrogens is 248 g/mol. The second-order valence-electron chi connectivity index (χ2n) is 4.99. The van der Waals surface area contributed by atoms with Gasteiger partial charge in [0.15, 0.2) is 11.6 Å². The zero-order valence-electron chi connectivity index (χ0n) is 10.9. The van der Waals surface area contributed by atoms with E-state index in [1.54, 1.807) is 0 Å². The zero-order chi connectivity index (χ0) is 13.4. The molecule has 1 aromatic carbocycles. The highest BCUT2D eigenvalue weighted by atomic mass is 19.2. The Hall–Kier alpha value is -1.49. The van der Waals surface area contributed by atoms with Crippen molar-refractivity contribution in [3.63, 3.8) is 0 Å². The lowest BCUT2D eigenvalue weighted by Crippen LogP contribution is -2.30. The number of imidazole rings is 1. The monoisotopic (exact) mass is 265 g/mol. The largest absolute Gasteiger partial charge is 0.325 e. The first-order valence-corrected chi connectivity index (χ1v) is 6.77. The summed E-state index contributed by atoms with van der Waals surface area (Å²) in [5, 5.41) is 3.31. The van der Waals surface area contributed by atoms with Crippen molar-refractivity contribution in [2.45, 2.75) is 32.2 Å². The van der Waals surface area contributed by atoms with Gasteiger partial charge in [-0.3, -0.25) is 0 Å². The summed E-state index contributed by atoms with van der Waals surface area (Å²) in [4.78, 5) is 4.44. The summed E-state index contributed by atoms with van der Waals surface area (Å²) in [6.45, 7) is 3.93. The maximum absolute atomic E-state index is 13.5. The molecule has 0 bridgehead atoms. The molecule has 1 aromatic heterocycles. The van der Waals surface area contributed by atoms with Gasteiger partial charge in [-0.05, 0) is 25.9 Å². The van der Waals surface area contributed by atoms with Crippen LogP contribution in [-0.2, 0) is 6.42 Å². The lowest BCUT2D eigenvalue weighted by atomic mass is 10.1. The molecule has 1 aliphatic heterocycles. The second kappa shape index (κ2) is 4.89. The molecule has 1 N–H and O–H groups in total. The van der Waals surface area contributed by atoms with Crippen LogP contribution in [0.15, 0.2) is 12.1 Å². The quantitative estimate of drug-likeness (QED) is 0.905. The Morgan fingerprint density at radius 1 is 1.26 bits per heavy atom. The smallest absolute Gasteiger partial charge is 0.161 e. The number of benzene rings is 1. The highest BCUT2D eigenvalue weighted by molar-refractivity contribution is 5.76. The van der Waals surface area contributed by atoms with Gasteiger partial charge in [0, 0.05) is 24.6 Å². The van der Waals surface area contributed by atoms with E-state index >= 15 is 0 Å². The summed E-state index contributed by atoms with van der Waals surface area (Å²) in [7, 11) is 0. The third kappa shape index (κ3) is 2.12. The Bertz CT molecular complexity index is 600. The number of rotatable bonds is 2. The van der Waals surface area contributed by atoms with Crippen LogP contribution in [0.5, 0.6) is 0 Å². The van der Waals surface area contributed by atoms with E-state index in [4.69, 9.17) is 0 Å². The van der Waals surface area contributed by atoms with Crippen molar-refractivity contribution >= 4 is 11.0 Å². The van der Waals surface area contributed by atoms with Gasteiger partial charge in [0.2, 0.25) is 0 Å². The van der Waals surface area contributed by atoms with Gasteiger partial charge < -0.3 is 9.88 Å². The van der Waals surface area contributed by atoms with Gasteiger partial charge in [-0.1, -0.05) is 6.92 Å². The van der Waals surface area contributed by atoms with Crippen LogP contribution in [-0.4, -0.2) is 22.6 Å². The van der Waals surface area contributed by atoms with Gasteiger partial charge in [-0.15, -0.1) is 0 Å². The minimum absolute atomic E-state index is 0.325. The fraction of sp³-hybridized carbons (Fsp3) is 0.500. The molecule has 0 spiro atoms. The van der Waals surface area contributed by atoms with E-state index in [1.165, 1.54) is 12.1 Å². The highest BCUT2D eigenvalue weighted by Gasteiger charge is 2.21. The van der Waals surface area contributed by atoms with E-state index in [-0.39, 0.29) is 0 Å². The number of hydrogen-bond donors (Lipinski definition) is 1. The van der Waals surface area contributed by atoms with Crippen LogP contribution in [0.25, 0.3) is 11.0 Å². The third-order valence-corrected chi connectivity index (χ3v) is 3.79. The molecule has 1 fully saturated rings. The van der Waals surface area contributed by atoms with Crippen LogP contribution in [0.2, 0.25) is 0 Å². The molecule has 3 rings (SSSR count). The Labute approximate surface area is 110 Å². The first kappa shape index (κ1) is 12.5. The number of nitrogens with zero attached hydrogens (tertiary/aromatic N) is 2. The number of nitrogens with one attached hydrogen (secondary N) is 1. The lowest BCUT2D eigenvalue weighted by molar-refractivity contribution is 0.367. The van der Waals surface area contributed by atoms with Crippen molar-refractivity contribution < 1.29 is 8.78 Å². The summed E-state index contributed by atoms with van der Waals surface area (Å²) < 4.78 is 28.9. The summed E-state index contributed by atoms with van der Waals surface area (Å²) in [5.74, 6) is -0.720. The zero-order valence-corrected chi connectivity index (χ0v) is 10.9. The maximum Gasteiger partial charge on any atom is 0.161 e. The lowest BCUT2D eigenvalue weighted by Gasteiger charge is -2.26. The van der Waals surface area contributed by atoms with Gasteiger partial charge in [0.05, 0.1) is 11.0 Å². The van der Waals surface area contributed by atoms with E-state index in [0.717, 1.165) is 38.2 Å². The summed E-state index contributed by atoms with van der Waals surface area (Å²) in [6.07, 6.45) is 2.76. The molecule has 102 valence electrons. The fourth-order valence-electron chi connectivity index (χ4n) is 2.86.